The Hall–Kier alpha value is -4.68. The van der Waals surface area contributed by atoms with Crippen LogP contribution in [0, 0.1) is 13.8 Å². The summed E-state index contributed by atoms with van der Waals surface area (Å²) in [6, 6.07) is 18.0. The predicted molar refractivity (Wildman–Crippen MR) is 174 cm³/mol. The number of ketones is 1. The van der Waals surface area contributed by atoms with Crippen LogP contribution in [0.4, 0.5) is 5.13 Å². The second kappa shape index (κ2) is 12.7. The molecular formula is C33H31N5O5S2. The van der Waals surface area contributed by atoms with E-state index in [0.29, 0.717) is 51.7 Å². The molecule has 0 saturated carbocycles. The summed E-state index contributed by atoms with van der Waals surface area (Å²) in [6.07, 6.45) is 1.84. The molecule has 3 aromatic heterocycles. The highest BCUT2D eigenvalue weighted by Crippen LogP contribution is 2.46. The van der Waals surface area contributed by atoms with Crippen molar-refractivity contribution in [2.75, 3.05) is 18.1 Å². The fraction of sp³-hybridized carbons (Fsp3) is 0.242. The van der Waals surface area contributed by atoms with Crippen LogP contribution >= 0.6 is 23.1 Å². The van der Waals surface area contributed by atoms with Crippen molar-refractivity contribution in [1.29, 1.82) is 0 Å². The Kier molecular flexibility index (Phi) is 8.59. The number of carbonyl (C=O) groups is 2. The quantitative estimate of drug-likeness (QED) is 0.0598. The maximum atomic E-state index is 13.8. The number of ether oxygens (including phenoxy) is 2. The fourth-order valence-corrected chi connectivity index (χ4v) is 7.16. The molecule has 230 valence electrons. The summed E-state index contributed by atoms with van der Waals surface area (Å²) in [7, 11) is 0. The molecular weight excluding hydrogens is 611 g/mol. The van der Waals surface area contributed by atoms with Gasteiger partial charge in [0.15, 0.2) is 21.6 Å². The third kappa shape index (κ3) is 5.67. The van der Waals surface area contributed by atoms with Crippen LogP contribution in [0.1, 0.15) is 48.0 Å². The van der Waals surface area contributed by atoms with E-state index in [1.165, 1.54) is 28.0 Å². The number of amides is 1. The summed E-state index contributed by atoms with van der Waals surface area (Å²) in [5.74, 6) is -0.369. The molecule has 45 heavy (non-hydrogen) atoms. The average molecular weight is 642 g/mol. The number of hydrogen-bond acceptors (Lipinski definition) is 10. The Morgan fingerprint density at radius 3 is 2.47 bits per heavy atom. The number of aliphatic hydroxyl groups excluding tert-OH is 1. The SMILES string of the molecule is CCOc1ccc(C2C(=C(O)c3nc4c(C)cccn4c3C)C(=O)C(=O)N2c2nnc(SCc3ccccc3)s2)cc1OCC. The molecule has 1 atom stereocenters. The Morgan fingerprint density at radius 2 is 1.73 bits per heavy atom. The van der Waals surface area contributed by atoms with Gasteiger partial charge in [-0.1, -0.05) is 65.6 Å². The van der Waals surface area contributed by atoms with E-state index in [9.17, 15) is 14.7 Å². The maximum absolute atomic E-state index is 13.8. The van der Waals surface area contributed by atoms with Crippen LogP contribution in [-0.2, 0) is 15.3 Å². The number of hydrogen-bond donors (Lipinski definition) is 1. The van der Waals surface area contributed by atoms with Crippen molar-refractivity contribution in [1.82, 2.24) is 19.6 Å². The number of aryl methyl sites for hydroxylation is 2. The molecule has 1 fully saturated rings. The highest BCUT2D eigenvalue weighted by atomic mass is 32.2. The molecule has 1 N–H and O–H groups in total. The molecule has 0 spiro atoms. The van der Waals surface area contributed by atoms with Crippen LogP contribution < -0.4 is 14.4 Å². The zero-order valence-corrected chi connectivity index (χ0v) is 26.8. The van der Waals surface area contributed by atoms with Crippen molar-refractivity contribution in [2.45, 2.75) is 43.8 Å². The molecule has 0 aliphatic carbocycles. The van der Waals surface area contributed by atoms with Gasteiger partial charge in [-0.2, -0.15) is 0 Å². The Bertz CT molecular complexity index is 1930. The van der Waals surface area contributed by atoms with E-state index in [4.69, 9.17) is 9.47 Å². The Morgan fingerprint density at radius 1 is 0.978 bits per heavy atom. The first-order valence-corrected chi connectivity index (χ1v) is 16.3. The molecule has 5 aromatic rings. The molecule has 1 aliphatic heterocycles. The van der Waals surface area contributed by atoms with E-state index in [0.717, 1.165) is 11.1 Å². The topological polar surface area (TPSA) is 119 Å². The highest BCUT2D eigenvalue weighted by Gasteiger charge is 2.49. The van der Waals surface area contributed by atoms with E-state index in [-0.39, 0.29) is 22.2 Å². The van der Waals surface area contributed by atoms with Gasteiger partial charge in [-0.15, -0.1) is 10.2 Å². The van der Waals surface area contributed by atoms with Crippen LogP contribution in [0.15, 0.2) is 76.8 Å². The monoisotopic (exact) mass is 641 g/mol. The Labute approximate surface area is 268 Å². The normalized spacial score (nSPS) is 16.1. The lowest BCUT2D eigenvalue weighted by Crippen LogP contribution is -2.29. The molecule has 1 saturated heterocycles. The molecule has 0 radical (unpaired) electrons. The smallest absolute Gasteiger partial charge is 0.301 e. The van der Waals surface area contributed by atoms with Gasteiger partial charge in [-0.3, -0.25) is 14.5 Å². The van der Waals surface area contributed by atoms with Gasteiger partial charge in [0.2, 0.25) is 5.13 Å². The zero-order valence-electron chi connectivity index (χ0n) is 25.2. The molecule has 6 rings (SSSR count). The number of imidazole rings is 1. The molecule has 1 unspecified atom stereocenters. The lowest BCUT2D eigenvalue weighted by Gasteiger charge is -2.23. The molecule has 10 nitrogen and oxygen atoms in total. The van der Waals surface area contributed by atoms with Crippen molar-refractivity contribution in [2.24, 2.45) is 0 Å². The van der Waals surface area contributed by atoms with Gasteiger partial charge in [-0.05, 0) is 62.6 Å². The van der Waals surface area contributed by atoms with Gasteiger partial charge in [0.1, 0.15) is 11.3 Å². The standard InChI is InChI=1S/C33H31N5O5S2/c1-5-42-23-15-14-22(17-24(23)43-6-2)27-25(28(39)26-20(4)37-16-10-11-19(3)30(37)34-26)29(40)31(41)38(27)32-35-36-33(45-32)44-18-21-12-8-7-9-13-21/h7-17,27,39H,5-6,18H2,1-4H3. The third-order valence-corrected chi connectivity index (χ3v) is 9.57. The highest BCUT2D eigenvalue weighted by molar-refractivity contribution is 8.00. The number of anilines is 1. The molecule has 1 aliphatic rings. The average Bonchev–Trinajstić information content (AvgIpc) is 3.72. The van der Waals surface area contributed by atoms with Gasteiger partial charge >= 0.3 is 5.91 Å². The molecule has 12 heteroatoms. The van der Waals surface area contributed by atoms with Gasteiger partial charge in [-0.25, -0.2) is 4.98 Å². The third-order valence-electron chi connectivity index (χ3n) is 7.44. The van der Waals surface area contributed by atoms with Gasteiger partial charge in [0, 0.05) is 11.9 Å². The number of aromatic nitrogens is 4. The van der Waals surface area contributed by atoms with E-state index in [2.05, 4.69) is 15.2 Å². The van der Waals surface area contributed by atoms with Crippen molar-refractivity contribution >= 4 is 51.3 Å². The number of pyridine rings is 1. The number of benzene rings is 2. The minimum Gasteiger partial charge on any atom is -0.505 e. The number of fused-ring (bicyclic) bond motifs is 1. The summed E-state index contributed by atoms with van der Waals surface area (Å²) in [5, 5.41) is 20.7. The van der Waals surface area contributed by atoms with Gasteiger partial charge < -0.3 is 19.0 Å². The number of thioether (sulfide) groups is 1. The van der Waals surface area contributed by atoms with Crippen molar-refractivity contribution < 1.29 is 24.2 Å². The second-order valence-corrected chi connectivity index (χ2v) is 12.5. The number of rotatable bonds is 10. The first-order valence-electron chi connectivity index (χ1n) is 14.5. The fourth-order valence-electron chi connectivity index (χ4n) is 5.33. The van der Waals surface area contributed by atoms with Crippen molar-refractivity contribution in [3.63, 3.8) is 0 Å². The van der Waals surface area contributed by atoms with Gasteiger partial charge in [0.25, 0.3) is 5.78 Å². The van der Waals surface area contributed by atoms with Crippen LogP contribution in [0.3, 0.4) is 0 Å². The molecule has 2 aromatic carbocycles. The van der Waals surface area contributed by atoms with Crippen LogP contribution in [0.25, 0.3) is 11.4 Å². The number of nitrogens with zero attached hydrogens (tertiary/aromatic N) is 5. The summed E-state index contributed by atoms with van der Waals surface area (Å²) in [5.41, 5.74) is 3.96. The summed E-state index contributed by atoms with van der Waals surface area (Å²) in [4.78, 5) is 33.6. The number of carbonyl (C=O) groups excluding carboxylic acids is 2. The van der Waals surface area contributed by atoms with Crippen LogP contribution in [-0.4, -0.2) is 49.6 Å². The van der Waals surface area contributed by atoms with E-state index in [1.54, 1.807) is 18.2 Å². The van der Waals surface area contributed by atoms with Crippen LogP contribution in [0.5, 0.6) is 11.5 Å². The molecule has 1 amide bonds. The first kappa shape index (κ1) is 30.4. The van der Waals surface area contributed by atoms with E-state index >= 15 is 0 Å². The van der Waals surface area contributed by atoms with Crippen molar-refractivity contribution in [3.05, 3.63) is 101 Å². The molecule has 0 bridgehead atoms. The lowest BCUT2D eigenvalue weighted by molar-refractivity contribution is -0.132. The summed E-state index contributed by atoms with van der Waals surface area (Å²) >= 11 is 2.70. The predicted octanol–water partition coefficient (Wildman–Crippen LogP) is 6.52. The minimum absolute atomic E-state index is 0.0931. The van der Waals surface area contributed by atoms with E-state index < -0.39 is 17.7 Å². The van der Waals surface area contributed by atoms with E-state index in [1.807, 2.05) is 80.8 Å². The van der Waals surface area contributed by atoms with Crippen molar-refractivity contribution in [3.8, 4) is 11.5 Å². The van der Waals surface area contributed by atoms with Crippen LogP contribution in [0.2, 0.25) is 0 Å². The minimum atomic E-state index is -1.02. The number of aliphatic hydroxyl groups is 1. The largest absolute Gasteiger partial charge is 0.505 e. The molecule has 4 heterocycles. The summed E-state index contributed by atoms with van der Waals surface area (Å²) in [6.45, 7) is 8.27. The zero-order chi connectivity index (χ0) is 31.7. The maximum Gasteiger partial charge on any atom is 0.301 e. The van der Waals surface area contributed by atoms with Gasteiger partial charge in [0.05, 0.1) is 30.5 Å². The lowest BCUT2D eigenvalue weighted by atomic mass is 9.96. The second-order valence-electron chi connectivity index (χ2n) is 10.3. The number of Topliss-reactive ketones (excluding diaryl/α,β-unsaturated/α-hetero) is 1. The summed E-state index contributed by atoms with van der Waals surface area (Å²) < 4.78 is 14.1. The Balaban J connectivity index is 1.48. The first-order chi connectivity index (χ1) is 21.8.